The van der Waals surface area contributed by atoms with Crippen LogP contribution in [0.2, 0.25) is 0 Å². The number of amides is 1. The van der Waals surface area contributed by atoms with E-state index in [-0.39, 0.29) is 18.5 Å². The van der Waals surface area contributed by atoms with Gasteiger partial charge in [0.05, 0.1) is 30.8 Å². The van der Waals surface area contributed by atoms with Crippen LogP contribution in [-0.4, -0.2) is 56.6 Å². The molecule has 11 heteroatoms. The van der Waals surface area contributed by atoms with Gasteiger partial charge in [-0.1, -0.05) is 5.06 Å². The summed E-state index contributed by atoms with van der Waals surface area (Å²) in [6, 6.07) is 1.87. The van der Waals surface area contributed by atoms with E-state index in [1.54, 1.807) is 38.9 Å². The third-order valence-corrected chi connectivity index (χ3v) is 5.28. The molecule has 0 bridgehead atoms. The fourth-order valence-electron chi connectivity index (χ4n) is 3.20. The Morgan fingerprint density at radius 1 is 1.45 bits per heavy atom. The number of imidazole rings is 1. The molecule has 2 N–H and O–H groups in total. The standard InChI is InChI=1S/C18H22N6O4S/c1-18(2,3)27-17(26)15-21-14(23(9-19)28-15)13-20-7-10-8-22(4)16(25)12-11(24(10)13)5-6-29-12/h5-7,14H,8-9,19H2,1-4H3. The summed E-state index contributed by atoms with van der Waals surface area (Å²) in [5, 5.41) is 3.22. The van der Waals surface area contributed by atoms with Crippen LogP contribution in [0.3, 0.4) is 0 Å². The average molecular weight is 418 g/mol. The topological polar surface area (TPSA) is 115 Å². The van der Waals surface area contributed by atoms with Gasteiger partial charge in [0.15, 0.2) is 12.0 Å². The number of hydrogen-bond acceptors (Lipinski definition) is 9. The molecule has 29 heavy (non-hydrogen) atoms. The summed E-state index contributed by atoms with van der Waals surface area (Å²) in [7, 11) is 1.75. The molecule has 0 saturated carbocycles. The normalized spacial score (nSPS) is 19.3. The summed E-state index contributed by atoms with van der Waals surface area (Å²) in [6.07, 6.45) is 0.948. The van der Waals surface area contributed by atoms with Crippen molar-refractivity contribution in [2.24, 2.45) is 10.7 Å². The third-order valence-electron chi connectivity index (χ3n) is 4.39. The Kier molecular flexibility index (Phi) is 4.68. The van der Waals surface area contributed by atoms with Crippen molar-refractivity contribution in [2.75, 3.05) is 13.7 Å². The van der Waals surface area contributed by atoms with Crippen molar-refractivity contribution < 1.29 is 19.2 Å². The zero-order valence-electron chi connectivity index (χ0n) is 16.6. The number of nitrogens with two attached hydrogens (primary N) is 1. The lowest BCUT2D eigenvalue weighted by molar-refractivity contribution is -0.152. The van der Waals surface area contributed by atoms with Crippen LogP contribution in [0, 0.1) is 0 Å². The van der Waals surface area contributed by atoms with Gasteiger partial charge < -0.3 is 20.2 Å². The van der Waals surface area contributed by atoms with E-state index < -0.39 is 17.7 Å². The number of ether oxygens (including phenoxy) is 1. The highest BCUT2D eigenvalue weighted by Crippen LogP contribution is 2.34. The van der Waals surface area contributed by atoms with Crippen molar-refractivity contribution in [1.29, 1.82) is 0 Å². The molecular weight excluding hydrogens is 396 g/mol. The van der Waals surface area contributed by atoms with Gasteiger partial charge >= 0.3 is 11.9 Å². The maximum absolute atomic E-state index is 12.7. The highest BCUT2D eigenvalue weighted by atomic mass is 32.1. The Bertz CT molecular complexity index is 1000. The second-order valence-corrected chi connectivity index (χ2v) is 8.66. The van der Waals surface area contributed by atoms with E-state index in [0.29, 0.717) is 17.2 Å². The number of esters is 1. The van der Waals surface area contributed by atoms with E-state index in [1.807, 2.05) is 16.0 Å². The van der Waals surface area contributed by atoms with Crippen LogP contribution >= 0.6 is 11.3 Å². The van der Waals surface area contributed by atoms with Gasteiger partial charge in [-0.25, -0.2) is 14.8 Å². The van der Waals surface area contributed by atoms with Gasteiger partial charge in [0, 0.05) is 7.05 Å². The lowest BCUT2D eigenvalue weighted by Crippen LogP contribution is -2.34. The molecule has 0 aliphatic carbocycles. The maximum atomic E-state index is 12.7. The molecule has 0 fully saturated rings. The van der Waals surface area contributed by atoms with E-state index in [9.17, 15) is 9.59 Å². The van der Waals surface area contributed by atoms with Gasteiger partial charge in [-0.2, -0.15) is 0 Å². The first kappa shape index (κ1) is 19.6. The van der Waals surface area contributed by atoms with Crippen LogP contribution < -0.4 is 5.73 Å². The molecule has 2 aliphatic heterocycles. The van der Waals surface area contributed by atoms with E-state index in [2.05, 4.69) is 9.98 Å². The van der Waals surface area contributed by atoms with Crippen LogP contribution in [0.15, 0.2) is 22.6 Å². The van der Waals surface area contributed by atoms with Crippen molar-refractivity contribution in [2.45, 2.75) is 39.1 Å². The Labute approximate surface area is 171 Å². The van der Waals surface area contributed by atoms with Crippen molar-refractivity contribution in [1.82, 2.24) is 19.5 Å². The number of aromatic nitrogens is 2. The molecule has 2 aromatic rings. The number of carbonyl (C=O) groups excluding carboxylic acids is 2. The van der Waals surface area contributed by atoms with Crippen LogP contribution in [0.25, 0.3) is 5.69 Å². The van der Waals surface area contributed by atoms with Gasteiger partial charge in [-0.15, -0.1) is 11.3 Å². The Hall–Kier alpha value is -2.76. The Balaban J connectivity index is 1.76. The van der Waals surface area contributed by atoms with Crippen molar-refractivity contribution >= 4 is 29.1 Å². The average Bonchev–Trinajstić information content (AvgIpc) is 3.35. The van der Waals surface area contributed by atoms with E-state index in [1.165, 1.54) is 16.4 Å². The molecule has 0 aromatic carbocycles. The first-order valence-corrected chi connectivity index (χ1v) is 9.93. The number of thiophene rings is 1. The lowest BCUT2D eigenvalue weighted by atomic mass is 10.2. The summed E-state index contributed by atoms with van der Waals surface area (Å²) in [4.78, 5) is 41.8. The molecule has 0 radical (unpaired) electrons. The van der Waals surface area contributed by atoms with E-state index in [0.717, 1.165) is 11.4 Å². The SMILES string of the molecule is CN1Cc2cnc(C3N=C(C(=O)OC(C)(C)C)ON3CN)n2-c2ccsc2C1=O. The van der Waals surface area contributed by atoms with E-state index >= 15 is 0 Å². The van der Waals surface area contributed by atoms with Crippen LogP contribution in [0.5, 0.6) is 0 Å². The van der Waals surface area contributed by atoms with Crippen molar-refractivity contribution in [3.05, 3.63) is 34.0 Å². The first-order valence-electron chi connectivity index (χ1n) is 9.05. The maximum Gasteiger partial charge on any atom is 0.396 e. The zero-order valence-corrected chi connectivity index (χ0v) is 17.4. The number of aliphatic imine (C=N–C) groups is 1. The highest BCUT2D eigenvalue weighted by molar-refractivity contribution is 7.12. The smallest absolute Gasteiger partial charge is 0.396 e. The molecule has 0 spiro atoms. The van der Waals surface area contributed by atoms with Crippen molar-refractivity contribution in [3.63, 3.8) is 0 Å². The molecule has 1 atom stereocenters. The molecule has 2 aliphatic rings. The molecular formula is C18H22N6O4S. The largest absolute Gasteiger partial charge is 0.453 e. The molecule has 1 amide bonds. The molecule has 10 nitrogen and oxygen atoms in total. The van der Waals surface area contributed by atoms with E-state index in [4.69, 9.17) is 15.3 Å². The molecule has 4 heterocycles. The zero-order chi connectivity index (χ0) is 20.9. The Morgan fingerprint density at radius 3 is 2.90 bits per heavy atom. The highest BCUT2D eigenvalue weighted by Gasteiger charge is 2.39. The summed E-state index contributed by atoms with van der Waals surface area (Å²) in [6.45, 7) is 5.67. The van der Waals surface area contributed by atoms with Gasteiger partial charge in [-0.3, -0.25) is 9.36 Å². The molecule has 2 aromatic heterocycles. The second-order valence-electron chi connectivity index (χ2n) is 7.74. The third kappa shape index (κ3) is 3.41. The van der Waals surface area contributed by atoms with Gasteiger partial charge in [-0.05, 0) is 32.2 Å². The number of hydroxylamine groups is 2. The lowest BCUT2D eigenvalue weighted by Gasteiger charge is -2.21. The van der Waals surface area contributed by atoms with Crippen molar-refractivity contribution in [3.8, 4) is 5.69 Å². The monoisotopic (exact) mass is 418 g/mol. The number of hydrogen-bond donors (Lipinski definition) is 1. The fourth-order valence-corrected chi connectivity index (χ4v) is 4.07. The molecule has 4 rings (SSSR count). The van der Waals surface area contributed by atoms with Gasteiger partial charge in [0.25, 0.3) is 5.91 Å². The van der Waals surface area contributed by atoms with Gasteiger partial charge in [0.1, 0.15) is 10.5 Å². The molecule has 154 valence electrons. The molecule has 0 saturated heterocycles. The predicted octanol–water partition coefficient (Wildman–Crippen LogP) is 1.42. The minimum atomic E-state index is -0.748. The molecule has 1 unspecified atom stereocenters. The summed E-state index contributed by atoms with van der Waals surface area (Å²) >= 11 is 1.37. The predicted molar refractivity (Wildman–Crippen MR) is 105 cm³/mol. The summed E-state index contributed by atoms with van der Waals surface area (Å²) < 4.78 is 7.23. The summed E-state index contributed by atoms with van der Waals surface area (Å²) in [5.74, 6) is -0.403. The van der Waals surface area contributed by atoms with Crippen LogP contribution in [0.4, 0.5) is 0 Å². The number of fused-ring (bicyclic) bond motifs is 3. The van der Waals surface area contributed by atoms with Gasteiger partial charge in [0.2, 0.25) is 0 Å². The minimum absolute atomic E-state index is 0.0159. The number of carbonyl (C=O) groups is 2. The van der Waals surface area contributed by atoms with Crippen LogP contribution in [-0.2, 0) is 20.9 Å². The summed E-state index contributed by atoms with van der Waals surface area (Å²) in [5.41, 5.74) is 6.69. The Morgan fingerprint density at radius 2 is 2.21 bits per heavy atom. The number of nitrogens with zero attached hydrogens (tertiary/aromatic N) is 5. The minimum Gasteiger partial charge on any atom is -0.453 e. The quantitative estimate of drug-likeness (QED) is 0.750. The fraction of sp³-hybridized carbons (Fsp3) is 0.444. The number of rotatable bonds is 3. The second kappa shape index (κ2) is 6.94. The van der Waals surface area contributed by atoms with Crippen LogP contribution in [0.1, 0.15) is 48.1 Å². The first-order chi connectivity index (χ1) is 13.7.